The van der Waals surface area contributed by atoms with Crippen molar-refractivity contribution in [1.82, 2.24) is 5.32 Å². The van der Waals surface area contributed by atoms with Crippen LogP contribution in [0.15, 0.2) is 24.3 Å². The van der Waals surface area contributed by atoms with Crippen LogP contribution >= 0.6 is 11.3 Å². The molecule has 0 radical (unpaired) electrons. The molecule has 0 spiro atoms. The van der Waals surface area contributed by atoms with Crippen molar-refractivity contribution in [2.75, 3.05) is 19.5 Å². The minimum absolute atomic E-state index is 0.168. The number of nitrogens with one attached hydrogen (secondary N) is 2. The van der Waals surface area contributed by atoms with E-state index in [0.29, 0.717) is 16.5 Å². The molecule has 154 valence electrons. The molecule has 2 aromatic rings. The third kappa shape index (κ3) is 4.95. The number of imide groups is 1. The molecule has 1 aromatic heterocycles. The Balaban J connectivity index is 1.82. The molecule has 1 atom stereocenters. The number of benzene rings is 1. The van der Waals surface area contributed by atoms with Crippen molar-refractivity contribution in [3.8, 4) is 5.75 Å². The Bertz CT molecular complexity index is 920. The monoisotopic (exact) mass is 416 g/mol. The lowest BCUT2D eigenvalue weighted by molar-refractivity contribution is -0.115. The van der Waals surface area contributed by atoms with Gasteiger partial charge in [0.2, 0.25) is 5.91 Å². The smallest absolute Gasteiger partial charge is 0.413 e. The van der Waals surface area contributed by atoms with E-state index < -0.39 is 12.0 Å². The van der Waals surface area contributed by atoms with Crippen molar-refractivity contribution in [2.45, 2.75) is 32.6 Å². The summed E-state index contributed by atoms with van der Waals surface area (Å²) in [5.74, 6) is 0.453. The molecule has 3 amide bonds. The van der Waals surface area contributed by atoms with Crippen LogP contribution < -0.4 is 15.4 Å². The maximum Gasteiger partial charge on any atom is 0.413 e. The highest BCUT2D eigenvalue weighted by atomic mass is 32.1. The number of rotatable bonds is 5. The summed E-state index contributed by atoms with van der Waals surface area (Å²) in [6.07, 6.45) is 1.90. The Labute approximate surface area is 173 Å². The molecule has 8 heteroatoms. The SMILES string of the molecule is COC(=O)NC(=O)c1c(NC(=O)Cc2ccc(OC)cc2)sc2c1CCC(C)C2. The van der Waals surface area contributed by atoms with E-state index in [-0.39, 0.29) is 12.3 Å². The highest BCUT2D eigenvalue weighted by Gasteiger charge is 2.29. The van der Waals surface area contributed by atoms with Crippen LogP contribution in [0.2, 0.25) is 0 Å². The van der Waals surface area contributed by atoms with Crippen LogP contribution in [-0.2, 0) is 28.8 Å². The van der Waals surface area contributed by atoms with Crippen LogP contribution in [-0.4, -0.2) is 32.1 Å². The molecule has 29 heavy (non-hydrogen) atoms. The maximum absolute atomic E-state index is 12.7. The molecule has 3 rings (SSSR count). The summed E-state index contributed by atoms with van der Waals surface area (Å²) in [6, 6.07) is 7.24. The Morgan fingerprint density at radius 2 is 1.90 bits per heavy atom. The lowest BCUT2D eigenvalue weighted by Crippen LogP contribution is -2.31. The number of ether oxygens (including phenoxy) is 2. The molecule has 2 N–H and O–H groups in total. The van der Waals surface area contributed by atoms with Gasteiger partial charge in [0.1, 0.15) is 10.8 Å². The van der Waals surface area contributed by atoms with Gasteiger partial charge in [0.15, 0.2) is 0 Å². The van der Waals surface area contributed by atoms with E-state index in [1.54, 1.807) is 19.2 Å². The molecule has 1 aliphatic rings. The molecule has 1 unspecified atom stereocenters. The predicted molar refractivity (Wildman–Crippen MR) is 111 cm³/mol. The number of carbonyl (C=O) groups excluding carboxylic acids is 3. The summed E-state index contributed by atoms with van der Waals surface area (Å²) >= 11 is 1.41. The van der Waals surface area contributed by atoms with Gasteiger partial charge in [0, 0.05) is 4.88 Å². The molecule has 7 nitrogen and oxygen atoms in total. The standard InChI is InChI=1S/C21H24N2O5S/c1-12-4-9-15-16(10-12)29-20(18(15)19(25)23-21(26)28-3)22-17(24)11-13-5-7-14(27-2)8-6-13/h5-8,12H,4,9-11H2,1-3H3,(H,22,24)(H,23,25,26). The fourth-order valence-corrected chi connectivity index (χ4v) is 4.81. The van der Waals surface area contributed by atoms with Crippen molar-refractivity contribution in [3.05, 3.63) is 45.8 Å². The second-order valence-corrected chi connectivity index (χ2v) is 8.18. The largest absolute Gasteiger partial charge is 0.497 e. The van der Waals surface area contributed by atoms with Crippen molar-refractivity contribution < 1.29 is 23.9 Å². The van der Waals surface area contributed by atoms with Gasteiger partial charge in [-0.3, -0.25) is 14.9 Å². The van der Waals surface area contributed by atoms with Gasteiger partial charge in [-0.1, -0.05) is 19.1 Å². The molecule has 0 bridgehead atoms. The number of hydrogen-bond donors (Lipinski definition) is 2. The van der Waals surface area contributed by atoms with Crippen molar-refractivity contribution in [1.29, 1.82) is 0 Å². The quantitative estimate of drug-likeness (QED) is 0.777. The third-order valence-corrected chi connectivity index (χ3v) is 6.09. The van der Waals surface area contributed by atoms with Crippen molar-refractivity contribution >= 4 is 34.2 Å². The van der Waals surface area contributed by atoms with Gasteiger partial charge in [0.25, 0.3) is 5.91 Å². The summed E-state index contributed by atoms with van der Waals surface area (Å²) in [4.78, 5) is 37.9. The summed E-state index contributed by atoms with van der Waals surface area (Å²) in [5.41, 5.74) is 2.11. The number of fused-ring (bicyclic) bond motifs is 1. The van der Waals surface area contributed by atoms with E-state index >= 15 is 0 Å². The van der Waals surface area contributed by atoms with Crippen molar-refractivity contribution in [3.63, 3.8) is 0 Å². The third-order valence-electron chi connectivity index (χ3n) is 4.92. The van der Waals surface area contributed by atoms with Crippen LogP contribution in [0.3, 0.4) is 0 Å². The minimum Gasteiger partial charge on any atom is -0.497 e. The van der Waals surface area contributed by atoms with E-state index in [1.165, 1.54) is 18.4 Å². The summed E-state index contributed by atoms with van der Waals surface area (Å²) in [5, 5.41) is 5.55. The van der Waals surface area contributed by atoms with E-state index in [1.807, 2.05) is 12.1 Å². The Morgan fingerprint density at radius 1 is 1.17 bits per heavy atom. The molecule has 0 saturated heterocycles. The van der Waals surface area contributed by atoms with Gasteiger partial charge < -0.3 is 14.8 Å². The molecule has 0 fully saturated rings. The summed E-state index contributed by atoms with van der Waals surface area (Å²) < 4.78 is 9.66. The fraction of sp³-hybridized carbons (Fsp3) is 0.381. The van der Waals surface area contributed by atoms with Crippen molar-refractivity contribution in [2.24, 2.45) is 5.92 Å². The summed E-state index contributed by atoms with van der Waals surface area (Å²) in [6.45, 7) is 2.17. The molecular weight excluding hydrogens is 392 g/mol. The molecular formula is C21H24N2O5S. The average molecular weight is 416 g/mol. The first-order valence-electron chi connectivity index (χ1n) is 9.37. The average Bonchev–Trinajstić information content (AvgIpc) is 3.04. The number of methoxy groups -OCH3 is 2. The van der Waals surface area contributed by atoms with Gasteiger partial charge >= 0.3 is 6.09 Å². The molecule has 0 aliphatic heterocycles. The highest BCUT2D eigenvalue weighted by Crippen LogP contribution is 2.39. The molecule has 1 aromatic carbocycles. The van der Waals surface area contributed by atoms with E-state index in [2.05, 4.69) is 22.3 Å². The Kier molecular flexibility index (Phi) is 6.53. The minimum atomic E-state index is -0.824. The first-order chi connectivity index (χ1) is 13.9. The molecule has 1 heterocycles. The van der Waals surface area contributed by atoms with Crippen LogP contribution in [0.1, 0.15) is 39.7 Å². The van der Waals surface area contributed by atoms with Gasteiger partial charge in [-0.05, 0) is 48.4 Å². The number of anilines is 1. The van der Waals surface area contributed by atoms with E-state index in [9.17, 15) is 14.4 Å². The first kappa shape index (κ1) is 20.9. The number of carbonyl (C=O) groups is 3. The number of hydrogen-bond acceptors (Lipinski definition) is 6. The lowest BCUT2D eigenvalue weighted by Gasteiger charge is -2.18. The van der Waals surface area contributed by atoms with Gasteiger partial charge in [-0.25, -0.2) is 4.79 Å². The Hall–Kier alpha value is -2.87. The number of alkyl carbamates (subject to hydrolysis) is 1. The van der Waals surface area contributed by atoms with Crippen LogP contribution in [0.25, 0.3) is 0 Å². The van der Waals surface area contributed by atoms with Crippen LogP contribution in [0.5, 0.6) is 5.75 Å². The van der Waals surface area contributed by atoms with Gasteiger partial charge in [-0.15, -0.1) is 11.3 Å². The first-order valence-corrected chi connectivity index (χ1v) is 10.2. The molecule has 0 saturated carbocycles. The lowest BCUT2D eigenvalue weighted by atomic mass is 9.88. The van der Waals surface area contributed by atoms with E-state index in [0.717, 1.165) is 41.0 Å². The zero-order valence-electron chi connectivity index (χ0n) is 16.7. The summed E-state index contributed by atoms with van der Waals surface area (Å²) in [7, 11) is 2.78. The number of thiophene rings is 1. The predicted octanol–water partition coefficient (Wildman–Crippen LogP) is 3.56. The second-order valence-electron chi connectivity index (χ2n) is 7.07. The van der Waals surface area contributed by atoms with Crippen LogP contribution in [0, 0.1) is 5.92 Å². The highest BCUT2D eigenvalue weighted by molar-refractivity contribution is 7.17. The Morgan fingerprint density at radius 3 is 2.55 bits per heavy atom. The van der Waals surface area contributed by atoms with Gasteiger partial charge in [0.05, 0.1) is 26.2 Å². The maximum atomic E-state index is 12.7. The second kappa shape index (κ2) is 9.09. The molecule has 1 aliphatic carbocycles. The zero-order valence-corrected chi connectivity index (χ0v) is 17.5. The fourth-order valence-electron chi connectivity index (χ4n) is 3.38. The van der Waals surface area contributed by atoms with E-state index in [4.69, 9.17) is 4.74 Å². The topological polar surface area (TPSA) is 93.7 Å². The normalized spacial score (nSPS) is 15.2. The van der Waals surface area contributed by atoms with Gasteiger partial charge in [-0.2, -0.15) is 0 Å². The zero-order chi connectivity index (χ0) is 21.0. The number of amides is 3. The van der Waals surface area contributed by atoms with Crippen LogP contribution in [0.4, 0.5) is 9.80 Å².